The molecule has 3 rings (SSSR count). The van der Waals surface area contributed by atoms with Crippen LogP contribution in [-0.2, 0) is 4.79 Å². The summed E-state index contributed by atoms with van der Waals surface area (Å²) in [7, 11) is 0. The molecule has 2 aromatic rings. The van der Waals surface area contributed by atoms with E-state index in [-0.39, 0.29) is 33.7 Å². The van der Waals surface area contributed by atoms with Crippen LogP contribution in [0.15, 0.2) is 18.2 Å². The number of halogens is 1. The van der Waals surface area contributed by atoms with Crippen molar-refractivity contribution in [1.29, 1.82) is 5.26 Å². The van der Waals surface area contributed by atoms with Gasteiger partial charge in [0.1, 0.15) is 0 Å². The van der Waals surface area contributed by atoms with Crippen molar-refractivity contribution < 1.29 is 14.3 Å². The average Bonchev–Trinajstić information content (AvgIpc) is 3.07. The zero-order valence-corrected chi connectivity index (χ0v) is 12.8. The van der Waals surface area contributed by atoms with Gasteiger partial charge in [0.2, 0.25) is 5.52 Å². The fourth-order valence-corrected chi connectivity index (χ4v) is 3.05. The predicted octanol–water partition coefficient (Wildman–Crippen LogP) is 1.76. The van der Waals surface area contributed by atoms with Crippen LogP contribution in [0.25, 0.3) is 11.0 Å². The number of rotatable bonds is 2. The minimum atomic E-state index is -0.457. The van der Waals surface area contributed by atoms with Crippen LogP contribution in [-0.4, -0.2) is 5.91 Å². The number of benzene rings is 1. The van der Waals surface area contributed by atoms with Crippen LogP contribution in [0.1, 0.15) is 31.4 Å². The highest BCUT2D eigenvalue weighted by atomic mass is 35.5. The van der Waals surface area contributed by atoms with Gasteiger partial charge in [0.25, 0.3) is 5.52 Å². The number of nitrogens with zero attached hydrogens (tertiary/aromatic N) is 3. The summed E-state index contributed by atoms with van der Waals surface area (Å²) in [5.74, 6) is -0.867. The maximum atomic E-state index is 12.5. The predicted molar refractivity (Wildman–Crippen MR) is 82.2 cm³/mol. The largest absolute Gasteiger partial charge is 0.710 e. The third-order valence-electron chi connectivity index (χ3n) is 4.08. The molecule has 0 atom stereocenters. The maximum absolute atomic E-state index is 12.5. The summed E-state index contributed by atoms with van der Waals surface area (Å²) in [6.45, 7) is 0. The van der Waals surface area contributed by atoms with Crippen molar-refractivity contribution >= 4 is 34.4 Å². The molecule has 0 bridgehead atoms. The first-order valence-electron chi connectivity index (χ1n) is 7.22. The van der Waals surface area contributed by atoms with Gasteiger partial charge in [-0.3, -0.25) is 0 Å². The Bertz CT molecular complexity index is 841. The molecule has 23 heavy (non-hydrogen) atoms. The van der Waals surface area contributed by atoms with Crippen LogP contribution in [0, 0.1) is 27.7 Å². The van der Waals surface area contributed by atoms with Crippen molar-refractivity contribution in [3.63, 3.8) is 0 Å². The third-order valence-corrected chi connectivity index (χ3v) is 4.31. The van der Waals surface area contributed by atoms with Crippen LogP contribution in [0.4, 0.5) is 5.82 Å². The molecule has 1 amide bonds. The summed E-state index contributed by atoms with van der Waals surface area (Å²) in [6.07, 6.45) is 3.40. The first-order valence-corrected chi connectivity index (χ1v) is 7.60. The van der Waals surface area contributed by atoms with Crippen LogP contribution >= 0.6 is 11.6 Å². The molecule has 8 heteroatoms. The topological polar surface area (TPSA) is 107 Å². The smallest absolute Gasteiger partial charge is 0.386 e. The highest BCUT2D eigenvalue weighted by molar-refractivity contribution is 6.31. The van der Waals surface area contributed by atoms with E-state index in [1.807, 2.05) is 0 Å². The summed E-state index contributed by atoms with van der Waals surface area (Å²) in [4.78, 5) is 12.2. The van der Waals surface area contributed by atoms with Gasteiger partial charge in [-0.25, -0.2) is 14.8 Å². The summed E-state index contributed by atoms with van der Waals surface area (Å²) in [6, 6.07) is 5.84. The zero-order chi connectivity index (χ0) is 16.6. The molecular formula is C15H13ClN4O3. The molecule has 1 fully saturated rings. The first-order chi connectivity index (χ1) is 11.0. The first kappa shape index (κ1) is 15.3. The van der Waals surface area contributed by atoms with Gasteiger partial charge < -0.3 is 10.4 Å². The Morgan fingerprint density at radius 1 is 1.26 bits per heavy atom. The van der Waals surface area contributed by atoms with E-state index in [4.69, 9.17) is 11.6 Å². The molecule has 0 aliphatic heterocycles. The van der Waals surface area contributed by atoms with Crippen LogP contribution in [0.2, 0.25) is 5.02 Å². The number of fused-ring (bicyclic) bond motifs is 1. The van der Waals surface area contributed by atoms with Gasteiger partial charge in [-0.2, -0.15) is 5.26 Å². The SMILES string of the molecule is N#Cc1c(NC(=O)C2CCCC2)[n+]([O-])c2ccc(Cl)cc2[n+]1[O-]. The van der Waals surface area contributed by atoms with Crippen LogP contribution in [0.3, 0.4) is 0 Å². The van der Waals surface area contributed by atoms with Crippen molar-refractivity contribution in [3.05, 3.63) is 39.3 Å². The number of aromatic nitrogens is 2. The Hall–Kier alpha value is -2.59. The van der Waals surface area contributed by atoms with Crippen molar-refractivity contribution in [3.8, 4) is 6.07 Å². The van der Waals surface area contributed by atoms with Crippen molar-refractivity contribution in [2.24, 2.45) is 5.92 Å². The van der Waals surface area contributed by atoms with E-state index in [1.165, 1.54) is 18.2 Å². The molecule has 1 aromatic heterocycles. The molecular weight excluding hydrogens is 320 g/mol. The van der Waals surface area contributed by atoms with Gasteiger partial charge in [0.15, 0.2) is 6.07 Å². The van der Waals surface area contributed by atoms with Crippen LogP contribution < -0.4 is 14.8 Å². The monoisotopic (exact) mass is 332 g/mol. The molecule has 0 spiro atoms. The van der Waals surface area contributed by atoms with Gasteiger partial charge in [0, 0.05) is 11.1 Å². The molecule has 1 heterocycles. The number of carbonyl (C=O) groups is 1. The Balaban J connectivity index is 2.12. The van der Waals surface area contributed by atoms with Gasteiger partial charge in [0.05, 0.1) is 5.92 Å². The van der Waals surface area contributed by atoms with Crippen molar-refractivity contribution in [2.45, 2.75) is 25.7 Å². The van der Waals surface area contributed by atoms with E-state index in [2.05, 4.69) is 5.32 Å². The molecule has 1 aliphatic carbocycles. The molecule has 0 radical (unpaired) electrons. The summed E-state index contributed by atoms with van der Waals surface area (Å²) >= 11 is 5.83. The van der Waals surface area contributed by atoms with Crippen molar-refractivity contribution in [2.75, 3.05) is 5.32 Å². The molecule has 1 saturated carbocycles. The van der Waals surface area contributed by atoms with Crippen LogP contribution in [0.5, 0.6) is 0 Å². The second-order valence-electron chi connectivity index (χ2n) is 5.50. The Kier molecular flexibility index (Phi) is 3.92. The lowest BCUT2D eigenvalue weighted by molar-refractivity contribution is -0.620. The van der Waals surface area contributed by atoms with Gasteiger partial charge >= 0.3 is 17.4 Å². The molecule has 7 nitrogen and oxygen atoms in total. The lowest BCUT2D eigenvalue weighted by Gasteiger charge is -2.14. The average molecular weight is 333 g/mol. The van der Waals surface area contributed by atoms with E-state index in [0.29, 0.717) is 9.46 Å². The van der Waals surface area contributed by atoms with Gasteiger partial charge in [-0.15, -0.1) is 4.73 Å². The van der Waals surface area contributed by atoms with E-state index in [1.54, 1.807) is 6.07 Å². The Morgan fingerprint density at radius 2 is 1.96 bits per heavy atom. The zero-order valence-electron chi connectivity index (χ0n) is 12.1. The Morgan fingerprint density at radius 3 is 2.61 bits per heavy atom. The lowest BCUT2D eigenvalue weighted by Crippen LogP contribution is -2.45. The minimum absolute atomic E-state index is 0.0251. The molecule has 118 valence electrons. The summed E-state index contributed by atoms with van der Waals surface area (Å²) in [5, 5.41) is 36.7. The van der Waals surface area contributed by atoms with E-state index in [0.717, 1.165) is 25.7 Å². The second-order valence-corrected chi connectivity index (χ2v) is 5.94. The summed E-state index contributed by atoms with van der Waals surface area (Å²) in [5.41, 5.74) is -0.450. The molecule has 1 aliphatic rings. The highest BCUT2D eigenvalue weighted by Crippen LogP contribution is 2.26. The Labute approximate surface area is 136 Å². The normalized spacial score (nSPS) is 14.8. The van der Waals surface area contributed by atoms with Gasteiger partial charge in [-0.1, -0.05) is 24.4 Å². The number of nitriles is 1. The quantitative estimate of drug-likeness (QED) is 0.667. The number of carbonyl (C=O) groups excluding carboxylic acids is 1. The number of hydrogen-bond donors (Lipinski definition) is 1. The van der Waals surface area contributed by atoms with E-state index >= 15 is 0 Å². The highest BCUT2D eigenvalue weighted by Gasteiger charge is 2.33. The number of amides is 1. The lowest BCUT2D eigenvalue weighted by atomic mass is 10.1. The number of anilines is 1. The van der Waals surface area contributed by atoms with E-state index < -0.39 is 5.69 Å². The fraction of sp³-hybridized carbons (Fsp3) is 0.333. The standard InChI is InChI=1S/C15H13ClN4O3/c16-10-5-6-11-12(7-10)19(22)13(8-17)14(20(11)23)18-15(21)9-3-1-2-4-9/h5-7,9H,1-4H2,(H,18,21). The maximum Gasteiger partial charge on any atom is 0.386 e. The number of nitrogens with one attached hydrogen (secondary N) is 1. The molecule has 1 aromatic carbocycles. The summed E-state index contributed by atoms with van der Waals surface area (Å²) < 4.78 is 0.714. The fourth-order valence-electron chi connectivity index (χ4n) is 2.88. The van der Waals surface area contributed by atoms with Gasteiger partial charge in [-0.05, 0) is 25.0 Å². The van der Waals surface area contributed by atoms with E-state index in [9.17, 15) is 20.5 Å². The molecule has 0 saturated heterocycles. The third kappa shape index (κ3) is 2.62. The number of hydrogen-bond acceptors (Lipinski definition) is 4. The second kappa shape index (κ2) is 5.89. The molecule has 1 N–H and O–H groups in total. The molecule has 0 unspecified atom stereocenters. The van der Waals surface area contributed by atoms with Crippen molar-refractivity contribution in [1.82, 2.24) is 0 Å². The minimum Gasteiger partial charge on any atom is -0.710 e.